The van der Waals surface area contributed by atoms with Gasteiger partial charge in [-0.25, -0.2) is 0 Å². The van der Waals surface area contributed by atoms with Gasteiger partial charge < -0.3 is 21.1 Å². The number of ether oxygens (including phenoxy) is 1. The van der Waals surface area contributed by atoms with Gasteiger partial charge in [-0.1, -0.05) is 13.8 Å². The Balaban J connectivity index is 2.67. The molecule has 6 heteroatoms. The summed E-state index contributed by atoms with van der Waals surface area (Å²) >= 11 is 0. The van der Waals surface area contributed by atoms with Crippen LogP contribution in [0.4, 0.5) is 0 Å². The molecule has 21 heavy (non-hydrogen) atoms. The second-order valence-electron chi connectivity index (χ2n) is 6.99. The van der Waals surface area contributed by atoms with Crippen molar-refractivity contribution in [1.29, 1.82) is 0 Å². The topological polar surface area (TPSA) is 93.4 Å². The van der Waals surface area contributed by atoms with E-state index in [4.69, 9.17) is 10.5 Å². The minimum Gasteiger partial charge on any atom is -0.378 e. The van der Waals surface area contributed by atoms with Crippen LogP contribution in [0.15, 0.2) is 0 Å². The highest BCUT2D eigenvalue weighted by Gasteiger charge is 2.62. The molecule has 1 aliphatic carbocycles. The van der Waals surface area contributed by atoms with Crippen LogP contribution in [-0.4, -0.2) is 43.7 Å². The van der Waals surface area contributed by atoms with E-state index in [9.17, 15) is 9.59 Å². The molecule has 0 radical (unpaired) electrons. The number of hydrogen-bond donors (Lipinski definition) is 3. The molecule has 0 spiro atoms. The lowest BCUT2D eigenvalue weighted by Crippen LogP contribution is -2.76. The van der Waals surface area contributed by atoms with Crippen molar-refractivity contribution in [2.45, 2.75) is 52.7 Å². The maximum Gasteiger partial charge on any atom is 0.240 e. The average Bonchev–Trinajstić information content (AvgIpc) is 2.43. The predicted molar refractivity (Wildman–Crippen MR) is 81.6 cm³/mol. The van der Waals surface area contributed by atoms with Gasteiger partial charge >= 0.3 is 0 Å². The molecule has 122 valence electrons. The molecule has 0 aliphatic heterocycles. The number of carbonyl (C=O) groups is 2. The van der Waals surface area contributed by atoms with Crippen molar-refractivity contribution in [3.8, 4) is 0 Å². The van der Waals surface area contributed by atoms with Gasteiger partial charge in [-0.05, 0) is 20.8 Å². The molecule has 1 aliphatic rings. The van der Waals surface area contributed by atoms with Crippen molar-refractivity contribution in [3.63, 3.8) is 0 Å². The fourth-order valence-corrected chi connectivity index (χ4v) is 2.70. The van der Waals surface area contributed by atoms with Crippen molar-refractivity contribution < 1.29 is 14.3 Å². The molecule has 0 aromatic heterocycles. The van der Waals surface area contributed by atoms with Gasteiger partial charge in [0.1, 0.15) is 5.54 Å². The Hall–Kier alpha value is -1.14. The van der Waals surface area contributed by atoms with Gasteiger partial charge in [0.25, 0.3) is 0 Å². The van der Waals surface area contributed by atoms with Gasteiger partial charge in [-0.2, -0.15) is 0 Å². The van der Waals surface area contributed by atoms with Gasteiger partial charge in [0.05, 0.1) is 11.5 Å². The van der Waals surface area contributed by atoms with E-state index in [0.29, 0.717) is 13.0 Å². The highest BCUT2D eigenvalue weighted by atomic mass is 16.5. The Morgan fingerprint density at radius 3 is 2.38 bits per heavy atom. The summed E-state index contributed by atoms with van der Waals surface area (Å²) in [5, 5.41) is 5.41. The van der Waals surface area contributed by atoms with Crippen molar-refractivity contribution in [1.82, 2.24) is 10.6 Å². The maximum absolute atomic E-state index is 12.4. The van der Waals surface area contributed by atoms with E-state index < -0.39 is 16.4 Å². The molecule has 0 aromatic carbocycles. The van der Waals surface area contributed by atoms with E-state index in [-0.39, 0.29) is 24.5 Å². The zero-order chi connectivity index (χ0) is 16.5. The van der Waals surface area contributed by atoms with Crippen LogP contribution >= 0.6 is 0 Å². The molecule has 0 heterocycles. The highest BCUT2D eigenvalue weighted by molar-refractivity contribution is 5.89. The molecule has 0 bridgehead atoms. The first kappa shape index (κ1) is 17.9. The SMILES string of the molecule is CCOC1CC(N)(C(=O)NCC(C)(C)C(=O)NC)C1(C)C. The molecule has 0 aromatic rings. The van der Waals surface area contributed by atoms with Crippen LogP contribution < -0.4 is 16.4 Å². The molecule has 0 saturated heterocycles. The van der Waals surface area contributed by atoms with Crippen LogP contribution in [0, 0.1) is 10.8 Å². The Bertz CT molecular complexity index is 420. The Morgan fingerprint density at radius 2 is 1.95 bits per heavy atom. The fraction of sp³-hybridized carbons (Fsp3) is 0.867. The largest absolute Gasteiger partial charge is 0.378 e. The van der Waals surface area contributed by atoms with Crippen molar-refractivity contribution in [3.05, 3.63) is 0 Å². The van der Waals surface area contributed by atoms with Crippen LogP contribution in [0.5, 0.6) is 0 Å². The molecular formula is C15H29N3O3. The van der Waals surface area contributed by atoms with E-state index in [1.165, 1.54) is 0 Å². The molecule has 1 fully saturated rings. The monoisotopic (exact) mass is 299 g/mol. The maximum atomic E-state index is 12.4. The minimum atomic E-state index is -0.953. The first-order chi connectivity index (χ1) is 9.53. The summed E-state index contributed by atoms with van der Waals surface area (Å²) in [6, 6.07) is 0. The first-order valence-corrected chi connectivity index (χ1v) is 7.44. The number of nitrogens with one attached hydrogen (secondary N) is 2. The molecular weight excluding hydrogens is 270 g/mol. The predicted octanol–water partition coefficient (Wildman–Crippen LogP) is 0.407. The van der Waals surface area contributed by atoms with E-state index in [0.717, 1.165) is 0 Å². The van der Waals surface area contributed by atoms with E-state index >= 15 is 0 Å². The normalized spacial score (nSPS) is 27.7. The quantitative estimate of drug-likeness (QED) is 0.662. The second kappa shape index (κ2) is 5.93. The Labute approximate surface area is 127 Å². The van der Waals surface area contributed by atoms with Crippen LogP contribution in [0.2, 0.25) is 0 Å². The summed E-state index contributed by atoms with van der Waals surface area (Å²) < 4.78 is 5.62. The zero-order valence-electron chi connectivity index (χ0n) is 14.0. The average molecular weight is 299 g/mol. The lowest BCUT2D eigenvalue weighted by Gasteiger charge is -2.57. The summed E-state index contributed by atoms with van der Waals surface area (Å²) in [6.45, 7) is 10.2. The number of amides is 2. The van der Waals surface area contributed by atoms with Gasteiger partial charge in [-0.15, -0.1) is 0 Å². The lowest BCUT2D eigenvalue weighted by atomic mass is 9.54. The smallest absolute Gasteiger partial charge is 0.240 e. The summed E-state index contributed by atoms with van der Waals surface area (Å²) in [5.74, 6) is -0.339. The third kappa shape index (κ3) is 3.06. The Morgan fingerprint density at radius 1 is 1.38 bits per heavy atom. The van der Waals surface area contributed by atoms with Gasteiger partial charge in [0, 0.05) is 32.0 Å². The fourth-order valence-electron chi connectivity index (χ4n) is 2.70. The standard InChI is InChI=1S/C15H29N3O3/c1-7-21-10-8-15(16,14(10,4)5)12(20)18-9-13(2,3)11(19)17-6/h10H,7-9,16H2,1-6H3,(H,17,19)(H,18,20). The Kier molecular flexibility index (Phi) is 5.05. The van der Waals surface area contributed by atoms with Gasteiger partial charge in [0.2, 0.25) is 11.8 Å². The minimum absolute atomic E-state index is 0.00907. The van der Waals surface area contributed by atoms with E-state index in [1.807, 2.05) is 20.8 Å². The molecule has 2 atom stereocenters. The van der Waals surface area contributed by atoms with Crippen LogP contribution in [0.1, 0.15) is 41.0 Å². The lowest BCUT2D eigenvalue weighted by molar-refractivity contribution is -0.171. The summed E-state index contributed by atoms with van der Waals surface area (Å²) in [6.07, 6.45) is 0.491. The number of nitrogens with two attached hydrogens (primary N) is 1. The molecule has 1 saturated carbocycles. The van der Waals surface area contributed by atoms with E-state index in [2.05, 4.69) is 10.6 Å². The summed E-state index contributed by atoms with van der Waals surface area (Å²) in [4.78, 5) is 24.2. The highest BCUT2D eigenvalue weighted by Crippen LogP contribution is 2.49. The number of carbonyl (C=O) groups excluding carboxylic acids is 2. The number of hydrogen-bond acceptors (Lipinski definition) is 4. The third-order valence-corrected chi connectivity index (χ3v) is 4.77. The molecule has 2 amide bonds. The second-order valence-corrected chi connectivity index (χ2v) is 6.99. The summed E-state index contributed by atoms with van der Waals surface area (Å²) in [5.41, 5.74) is 4.24. The van der Waals surface area contributed by atoms with Gasteiger partial charge in [-0.3, -0.25) is 9.59 Å². The molecule has 2 unspecified atom stereocenters. The van der Waals surface area contributed by atoms with Crippen LogP contribution in [0.3, 0.4) is 0 Å². The third-order valence-electron chi connectivity index (χ3n) is 4.77. The van der Waals surface area contributed by atoms with Crippen molar-refractivity contribution in [2.75, 3.05) is 20.2 Å². The van der Waals surface area contributed by atoms with Crippen molar-refractivity contribution in [2.24, 2.45) is 16.6 Å². The van der Waals surface area contributed by atoms with Gasteiger partial charge in [0.15, 0.2) is 0 Å². The van der Waals surface area contributed by atoms with Crippen LogP contribution in [0.25, 0.3) is 0 Å². The first-order valence-electron chi connectivity index (χ1n) is 7.44. The molecule has 4 N–H and O–H groups in total. The molecule has 6 nitrogen and oxygen atoms in total. The number of rotatable bonds is 6. The summed E-state index contributed by atoms with van der Waals surface area (Å²) in [7, 11) is 1.58. The van der Waals surface area contributed by atoms with Crippen molar-refractivity contribution >= 4 is 11.8 Å². The van der Waals surface area contributed by atoms with E-state index in [1.54, 1.807) is 20.9 Å². The van der Waals surface area contributed by atoms with Crippen LogP contribution in [-0.2, 0) is 14.3 Å². The zero-order valence-corrected chi connectivity index (χ0v) is 14.0. The molecule has 1 rings (SSSR count).